The van der Waals surface area contributed by atoms with Gasteiger partial charge in [0.1, 0.15) is 0 Å². The molecule has 4 rings (SSSR count). The molecule has 1 heterocycles. The van der Waals surface area contributed by atoms with Crippen molar-refractivity contribution in [2.75, 3.05) is 5.32 Å². The highest BCUT2D eigenvalue weighted by Crippen LogP contribution is 2.39. The Balaban J connectivity index is 1.93. The molecule has 3 heteroatoms. The molecule has 0 unspecified atom stereocenters. The fourth-order valence-corrected chi connectivity index (χ4v) is 3.62. The zero-order chi connectivity index (χ0) is 20.2. The Hall–Kier alpha value is -3.59. The van der Waals surface area contributed by atoms with Crippen LogP contribution in [0.5, 0.6) is 0 Å². The standard InChI is InChI=1S/C26H24N2O/c1-18(2)24-23(26(29)27-21-16-10-5-11-17-21)22(19-12-6-3-7-13-19)25(28-24)20-14-8-4-9-15-20/h3-18,28H,1-2H3,(H,27,29). The Morgan fingerprint density at radius 1 is 0.759 bits per heavy atom. The molecule has 0 radical (unpaired) electrons. The Morgan fingerprint density at radius 3 is 1.83 bits per heavy atom. The van der Waals surface area contributed by atoms with Crippen LogP contribution in [0.15, 0.2) is 91.0 Å². The number of nitrogens with one attached hydrogen (secondary N) is 2. The van der Waals surface area contributed by atoms with Gasteiger partial charge >= 0.3 is 0 Å². The lowest BCUT2D eigenvalue weighted by molar-refractivity contribution is 0.102. The molecule has 144 valence electrons. The summed E-state index contributed by atoms with van der Waals surface area (Å²) in [6, 6.07) is 29.9. The van der Waals surface area contributed by atoms with E-state index < -0.39 is 0 Å². The molecule has 0 aliphatic carbocycles. The minimum atomic E-state index is -0.0998. The number of hydrogen-bond donors (Lipinski definition) is 2. The molecule has 1 aromatic heterocycles. The van der Waals surface area contributed by atoms with Gasteiger partial charge in [-0.2, -0.15) is 0 Å². The van der Waals surface area contributed by atoms with Crippen molar-refractivity contribution in [3.05, 3.63) is 102 Å². The highest BCUT2D eigenvalue weighted by atomic mass is 16.1. The Morgan fingerprint density at radius 2 is 1.28 bits per heavy atom. The molecule has 0 aliphatic heterocycles. The number of rotatable bonds is 5. The van der Waals surface area contributed by atoms with Gasteiger partial charge in [0.05, 0.1) is 11.3 Å². The average Bonchev–Trinajstić information content (AvgIpc) is 3.17. The number of para-hydroxylation sites is 1. The molecule has 0 atom stereocenters. The van der Waals surface area contributed by atoms with E-state index in [9.17, 15) is 4.79 Å². The molecular weight excluding hydrogens is 356 g/mol. The third kappa shape index (κ3) is 3.85. The van der Waals surface area contributed by atoms with Crippen molar-refractivity contribution in [3.63, 3.8) is 0 Å². The molecule has 2 N–H and O–H groups in total. The molecule has 0 fully saturated rings. The first kappa shape index (κ1) is 18.8. The van der Waals surface area contributed by atoms with Crippen LogP contribution in [0.2, 0.25) is 0 Å². The highest BCUT2D eigenvalue weighted by molar-refractivity contribution is 6.12. The van der Waals surface area contributed by atoms with E-state index in [2.05, 4.69) is 48.4 Å². The van der Waals surface area contributed by atoms with E-state index in [4.69, 9.17) is 0 Å². The smallest absolute Gasteiger partial charge is 0.258 e. The van der Waals surface area contributed by atoms with Crippen LogP contribution < -0.4 is 5.32 Å². The van der Waals surface area contributed by atoms with Crippen LogP contribution >= 0.6 is 0 Å². The molecule has 1 amide bonds. The molecule has 0 saturated carbocycles. The van der Waals surface area contributed by atoms with E-state index in [1.807, 2.05) is 66.7 Å². The largest absolute Gasteiger partial charge is 0.357 e. The summed E-state index contributed by atoms with van der Waals surface area (Å²) in [5.41, 5.74) is 6.42. The number of carbonyl (C=O) groups excluding carboxylic acids is 1. The van der Waals surface area contributed by atoms with Crippen LogP contribution in [-0.4, -0.2) is 10.9 Å². The molecule has 0 bridgehead atoms. The van der Waals surface area contributed by atoms with Crippen LogP contribution in [0.3, 0.4) is 0 Å². The van der Waals surface area contributed by atoms with Crippen molar-refractivity contribution < 1.29 is 4.79 Å². The molecule has 0 saturated heterocycles. The van der Waals surface area contributed by atoms with Crippen LogP contribution in [0, 0.1) is 0 Å². The lowest BCUT2D eigenvalue weighted by Gasteiger charge is -2.11. The van der Waals surface area contributed by atoms with Gasteiger partial charge in [0.25, 0.3) is 5.91 Å². The topological polar surface area (TPSA) is 44.9 Å². The number of aromatic amines is 1. The van der Waals surface area contributed by atoms with Gasteiger partial charge in [-0.15, -0.1) is 0 Å². The highest BCUT2D eigenvalue weighted by Gasteiger charge is 2.26. The summed E-state index contributed by atoms with van der Waals surface area (Å²) in [6.45, 7) is 4.21. The summed E-state index contributed by atoms with van der Waals surface area (Å²) in [4.78, 5) is 17.0. The van der Waals surface area contributed by atoms with Crippen LogP contribution in [-0.2, 0) is 0 Å². The Kier molecular flexibility index (Phi) is 5.30. The van der Waals surface area contributed by atoms with Crippen molar-refractivity contribution in [1.29, 1.82) is 0 Å². The van der Waals surface area contributed by atoms with E-state index in [1.165, 1.54) is 0 Å². The number of amides is 1. The molecule has 4 aromatic rings. The van der Waals surface area contributed by atoms with E-state index in [0.29, 0.717) is 5.56 Å². The second-order valence-electron chi connectivity index (χ2n) is 7.37. The number of hydrogen-bond acceptors (Lipinski definition) is 1. The van der Waals surface area contributed by atoms with Gasteiger partial charge in [-0.05, 0) is 29.2 Å². The summed E-state index contributed by atoms with van der Waals surface area (Å²) in [6.07, 6.45) is 0. The summed E-state index contributed by atoms with van der Waals surface area (Å²) >= 11 is 0. The maximum absolute atomic E-state index is 13.4. The predicted molar refractivity (Wildman–Crippen MR) is 120 cm³/mol. The summed E-state index contributed by atoms with van der Waals surface area (Å²) in [7, 11) is 0. The third-order valence-corrected chi connectivity index (χ3v) is 4.99. The SMILES string of the molecule is CC(C)c1[nH]c(-c2ccccc2)c(-c2ccccc2)c1C(=O)Nc1ccccc1. The van der Waals surface area contributed by atoms with E-state index in [0.717, 1.165) is 33.8 Å². The lowest BCUT2D eigenvalue weighted by atomic mass is 9.94. The fourth-order valence-electron chi connectivity index (χ4n) is 3.62. The van der Waals surface area contributed by atoms with Crippen LogP contribution in [0.4, 0.5) is 5.69 Å². The van der Waals surface area contributed by atoms with Gasteiger partial charge in [-0.1, -0.05) is 92.7 Å². The van der Waals surface area contributed by atoms with Gasteiger partial charge in [-0.3, -0.25) is 4.79 Å². The van der Waals surface area contributed by atoms with Gasteiger partial charge < -0.3 is 10.3 Å². The summed E-state index contributed by atoms with van der Waals surface area (Å²) in [5, 5.41) is 3.07. The minimum Gasteiger partial charge on any atom is -0.357 e. The number of aromatic nitrogens is 1. The van der Waals surface area contributed by atoms with Gasteiger partial charge in [0, 0.05) is 16.9 Å². The second-order valence-corrected chi connectivity index (χ2v) is 7.37. The number of H-pyrrole nitrogens is 1. The van der Waals surface area contributed by atoms with E-state index in [1.54, 1.807) is 0 Å². The molecule has 0 aliphatic rings. The minimum absolute atomic E-state index is 0.0998. The molecule has 3 aromatic carbocycles. The first-order valence-corrected chi connectivity index (χ1v) is 9.88. The summed E-state index contributed by atoms with van der Waals surface area (Å²) in [5.74, 6) is 0.0728. The Bertz CT molecular complexity index is 1100. The fraction of sp³-hybridized carbons (Fsp3) is 0.115. The first-order chi connectivity index (χ1) is 14.1. The number of benzene rings is 3. The van der Waals surface area contributed by atoms with Crippen molar-refractivity contribution in [3.8, 4) is 22.4 Å². The average molecular weight is 380 g/mol. The van der Waals surface area contributed by atoms with Crippen LogP contribution in [0.25, 0.3) is 22.4 Å². The van der Waals surface area contributed by atoms with Crippen molar-refractivity contribution in [1.82, 2.24) is 4.98 Å². The maximum atomic E-state index is 13.4. The zero-order valence-electron chi connectivity index (χ0n) is 16.6. The normalized spacial score (nSPS) is 10.9. The maximum Gasteiger partial charge on any atom is 0.258 e. The summed E-state index contributed by atoms with van der Waals surface area (Å²) < 4.78 is 0. The van der Waals surface area contributed by atoms with E-state index in [-0.39, 0.29) is 11.8 Å². The first-order valence-electron chi connectivity index (χ1n) is 9.88. The molecular formula is C26H24N2O. The Labute approximate surface area is 171 Å². The van der Waals surface area contributed by atoms with Gasteiger partial charge in [0.15, 0.2) is 0 Å². The van der Waals surface area contributed by atoms with Gasteiger partial charge in [0.2, 0.25) is 0 Å². The van der Waals surface area contributed by atoms with Gasteiger partial charge in [-0.25, -0.2) is 0 Å². The zero-order valence-corrected chi connectivity index (χ0v) is 16.6. The van der Waals surface area contributed by atoms with Crippen molar-refractivity contribution in [2.24, 2.45) is 0 Å². The number of anilines is 1. The van der Waals surface area contributed by atoms with E-state index >= 15 is 0 Å². The quantitative estimate of drug-likeness (QED) is 0.396. The molecule has 29 heavy (non-hydrogen) atoms. The van der Waals surface area contributed by atoms with Crippen molar-refractivity contribution in [2.45, 2.75) is 19.8 Å². The third-order valence-electron chi connectivity index (χ3n) is 4.99. The lowest BCUT2D eigenvalue weighted by Crippen LogP contribution is -2.14. The van der Waals surface area contributed by atoms with Crippen LogP contribution in [0.1, 0.15) is 35.8 Å². The monoisotopic (exact) mass is 380 g/mol. The number of carbonyl (C=O) groups is 1. The second kappa shape index (κ2) is 8.19. The predicted octanol–water partition coefficient (Wildman–Crippen LogP) is 6.72. The molecule has 0 spiro atoms. The van der Waals surface area contributed by atoms with Crippen molar-refractivity contribution >= 4 is 11.6 Å². The molecule has 3 nitrogen and oxygen atoms in total.